The Kier molecular flexibility index (Phi) is 5.41. The zero-order chi connectivity index (χ0) is 19.7. The fraction of sp³-hybridized carbons (Fsp3) is 0.591. The van der Waals surface area contributed by atoms with Crippen LogP contribution in [0.3, 0.4) is 0 Å². The second-order valence-corrected chi connectivity index (χ2v) is 10.1. The van der Waals surface area contributed by atoms with Gasteiger partial charge in [0.1, 0.15) is 5.01 Å². The van der Waals surface area contributed by atoms with E-state index in [0.29, 0.717) is 18.2 Å². The van der Waals surface area contributed by atoms with Crippen molar-refractivity contribution in [1.82, 2.24) is 15.1 Å². The van der Waals surface area contributed by atoms with Crippen LogP contribution in [0.25, 0.3) is 0 Å². The first-order chi connectivity index (χ1) is 13.4. The van der Waals surface area contributed by atoms with Gasteiger partial charge in [0.2, 0.25) is 11.0 Å². The lowest BCUT2D eigenvalue weighted by Crippen LogP contribution is -2.39. The summed E-state index contributed by atoms with van der Waals surface area (Å²) >= 11 is 1.71. The van der Waals surface area contributed by atoms with Gasteiger partial charge in [-0.25, -0.2) is 0 Å². The maximum atomic E-state index is 12.8. The minimum Gasteiger partial charge on any atom is -0.347 e. The van der Waals surface area contributed by atoms with E-state index in [9.17, 15) is 4.79 Å². The standard InChI is InChI=1S/C22H30N4OS/c1-22(2,3)20-23-24-21(28-20)25-11-8-16(9-12-25)14-19(27)26-13-10-17-6-4-5-7-18(17)15-26/h4-7,16H,8-15H2,1-3H3. The first-order valence-corrected chi connectivity index (χ1v) is 11.2. The Labute approximate surface area is 171 Å². The van der Waals surface area contributed by atoms with Gasteiger partial charge >= 0.3 is 0 Å². The molecule has 2 aromatic rings. The van der Waals surface area contributed by atoms with E-state index in [1.165, 1.54) is 11.1 Å². The van der Waals surface area contributed by atoms with Gasteiger partial charge in [0.25, 0.3) is 0 Å². The molecule has 0 atom stereocenters. The molecule has 0 unspecified atom stereocenters. The van der Waals surface area contributed by atoms with Crippen molar-refractivity contribution in [1.29, 1.82) is 0 Å². The van der Waals surface area contributed by atoms with Crippen molar-refractivity contribution in [3.8, 4) is 0 Å². The molecule has 150 valence electrons. The first kappa shape index (κ1) is 19.4. The topological polar surface area (TPSA) is 49.3 Å². The van der Waals surface area contributed by atoms with E-state index in [2.05, 4.69) is 65.0 Å². The van der Waals surface area contributed by atoms with Crippen LogP contribution in [0.5, 0.6) is 0 Å². The predicted octanol–water partition coefficient (Wildman–Crippen LogP) is 4.03. The maximum absolute atomic E-state index is 12.8. The number of carbonyl (C=O) groups is 1. The molecule has 2 aliphatic rings. The summed E-state index contributed by atoms with van der Waals surface area (Å²) in [5.41, 5.74) is 2.75. The van der Waals surface area contributed by atoms with Crippen LogP contribution >= 0.6 is 11.3 Å². The van der Waals surface area contributed by atoms with E-state index >= 15 is 0 Å². The lowest BCUT2D eigenvalue weighted by atomic mass is 9.92. The molecule has 0 aliphatic carbocycles. The average Bonchev–Trinajstić information content (AvgIpc) is 3.19. The molecule has 0 radical (unpaired) electrons. The van der Waals surface area contributed by atoms with Crippen LogP contribution in [0.2, 0.25) is 0 Å². The van der Waals surface area contributed by atoms with E-state index in [0.717, 1.165) is 55.6 Å². The van der Waals surface area contributed by atoms with Crippen LogP contribution in [0, 0.1) is 5.92 Å². The summed E-state index contributed by atoms with van der Waals surface area (Å²) in [6.07, 6.45) is 3.77. The number of benzene rings is 1. The number of nitrogens with zero attached hydrogens (tertiary/aromatic N) is 4. The smallest absolute Gasteiger partial charge is 0.223 e. The molecule has 0 bridgehead atoms. The maximum Gasteiger partial charge on any atom is 0.223 e. The lowest BCUT2D eigenvalue weighted by Gasteiger charge is -2.34. The first-order valence-electron chi connectivity index (χ1n) is 10.3. The minimum atomic E-state index is 0.0493. The van der Waals surface area contributed by atoms with Crippen LogP contribution in [0.1, 0.15) is 56.2 Å². The molecule has 4 rings (SSSR count). The van der Waals surface area contributed by atoms with Crippen molar-refractivity contribution in [2.24, 2.45) is 5.92 Å². The van der Waals surface area contributed by atoms with Crippen molar-refractivity contribution in [2.45, 2.75) is 58.4 Å². The molecule has 5 nitrogen and oxygen atoms in total. The number of aromatic nitrogens is 2. The summed E-state index contributed by atoms with van der Waals surface area (Å²) in [5.74, 6) is 0.801. The van der Waals surface area contributed by atoms with Gasteiger partial charge in [-0.3, -0.25) is 4.79 Å². The molecule has 0 saturated carbocycles. The third-order valence-corrected chi connectivity index (χ3v) is 7.30. The second-order valence-electron chi connectivity index (χ2n) is 9.11. The van der Waals surface area contributed by atoms with E-state index in [1.54, 1.807) is 11.3 Å². The SMILES string of the molecule is CC(C)(C)c1nnc(N2CCC(CC(=O)N3CCc4ccccc4C3)CC2)s1. The highest BCUT2D eigenvalue weighted by atomic mass is 32.1. The van der Waals surface area contributed by atoms with E-state index < -0.39 is 0 Å². The van der Waals surface area contributed by atoms with Gasteiger partial charge in [0, 0.05) is 38.0 Å². The highest BCUT2D eigenvalue weighted by Gasteiger charge is 2.28. The Balaban J connectivity index is 1.29. The summed E-state index contributed by atoms with van der Waals surface area (Å²) in [5, 5.41) is 10.9. The number of amides is 1. The molecule has 1 fully saturated rings. The summed E-state index contributed by atoms with van der Waals surface area (Å²) in [6.45, 7) is 10.1. The Morgan fingerprint density at radius 2 is 1.82 bits per heavy atom. The van der Waals surface area contributed by atoms with Crippen molar-refractivity contribution in [3.63, 3.8) is 0 Å². The third kappa shape index (κ3) is 4.22. The average molecular weight is 399 g/mol. The van der Waals surface area contributed by atoms with Crippen LogP contribution in [0.15, 0.2) is 24.3 Å². The zero-order valence-corrected chi connectivity index (χ0v) is 18.0. The van der Waals surface area contributed by atoms with Crippen LogP contribution in [-0.4, -0.2) is 40.6 Å². The largest absolute Gasteiger partial charge is 0.347 e. The molecular formula is C22H30N4OS. The summed E-state index contributed by atoms with van der Waals surface area (Å²) in [7, 11) is 0. The number of hydrogen-bond acceptors (Lipinski definition) is 5. The summed E-state index contributed by atoms with van der Waals surface area (Å²) in [4.78, 5) is 17.2. The van der Waals surface area contributed by atoms with E-state index in [-0.39, 0.29) is 5.41 Å². The molecule has 1 aromatic heterocycles. The Hall–Kier alpha value is -1.95. The highest BCUT2D eigenvalue weighted by Crippen LogP contribution is 2.32. The third-order valence-electron chi connectivity index (χ3n) is 5.89. The fourth-order valence-corrected chi connectivity index (χ4v) is 5.01. The van der Waals surface area contributed by atoms with Gasteiger partial charge in [0.05, 0.1) is 0 Å². The van der Waals surface area contributed by atoms with Gasteiger partial charge in [-0.15, -0.1) is 10.2 Å². The molecular weight excluding hydrogens is 368 g/mol. The van der Waals surface area contributed by atoms with Gasteiger partial charge < -0.3 is 9.80 Å². The van der Waals surface area contributed by atoms with E-state index in [4.69, 9.17) is 0 Å². The predicted molar refractivity (Wildman–Crippen MR) is 114 cm³/mol. The van der Waals surface area contributed by atoms with E-state index in [1.807, 2.05) is 0 Å². The second kappa shape index (κ2) is 7.82. The Bertz CT molecular complexity index is 833. The molecule has 2 aliphatic heterocycles. The molecule has 6 heteroatoms. The van der Waals surface area contributed by atoms with Gasteiger partial charge in [0.15, 0.2) is 0 Å². The van der Waals surface area contributed by atoms with Crippen molar-refractivity contribution >= 4 is 22.4 Å². The van der Waals surface area contributed by atoms with Crippen molar-refractivity contribution < 1.29 is 4.79 Å². The fourth-order valence-electron chi connectivity index (χ4n) is 4.06. The number of carbonyl (C=O) groups excluding carboxylic acids is 1. The zero-order valence-electron chi connectivity index (χ0n) is 17.1. The lowest BCUT2D eigenvalue weighted by molar-refractivity contribution is -0.133. The Morgan fingerprint density at radius 1 is 1.11 bits per heavy atom. The Morgan fingerprint density at radius 3 is 2.50 bits per heavy atom. The van der Waals surface area contributed by atoms with Crippen LogP contribution < -0.4 is 4.90 Å². The van der Waals surface area contributed by atoms with Gasteiger partial charge in [-0.2, -0.15) is 0 Å². The summed E-state index contributed by atoms with van der Waals surface area (Å²) in [6, 6.07) is 8.50. The van der Waals surface area contributed by atoms with Crippen LogP contribution in [-0.2, 0) is 23.2 Å². The number of fused-ring (bicyclic) bond motifs is 1. The highest BCUT2D eigenvalue weighted by molar-refractivity contribution is 7.15. The number of piperidine rings is 1. The normalized spacial score (nSPS) is 18.2. The molecule has 1 aromatic carbocycles. The monoisotopic (exact) mass is 398 g/mol. The molecule has 0 spiro atoms. The van der Waals surface area contributed by atoms with Gasteiger partial charge in [-0.05, 0) is 36.3 Å². The van der Waals surface area contributed by atoms with Crippen LogP contribution in [0.4, 0.5) is 5.13 Å². The molecule has 1 amide bonds. The molecule has 28 heavy (non-hydrogen) atoms. The van der Waals surface area contributed by atoms with Crippen molar-refractivity contribution in [2.75, 3.05) is 24.5 Å². The number of anilines is 1. The molecule has 0 N–H and O–H groups in total. The minimum absolute atomic E-state index is 0.0493. The van der Waals surface area contributed by atoms with Gasteiger partial charge in [-0.1, -0.05) is 56.4 Å². The quantitative estimate of drug-likeness (QED) is 0.783. The molecule has 3 heterocycles. The van der Waals surface area contributed by atoms with Crippen molar-refractivity contribution in [3.05, 3.63) is 40.4 Å². The number of rotatable bonds is 3. The number of hydrogen-bond donors (Lipinski definition) is 0. The molecule has 1 saturated heterocycles. The summed E-state index contributed by atoms with van der Waals surface area (Å²) < 4.78 is 0.